The molecule has 10 heteroatoms. The third-order valence-electron chi connectivity index (χ3n) is 6.19. The lowest BCUT2D eigenvalue weighted by atomic mass is 9.64. The summed E-state index contributed by atoms with van der Waals surface area (Å²) in [5, 5.41) is 11.8. The first-order chi connectivity index (χ1) is 15.7. The Balaban J connectivity index is 1.48. The molecule has 4 rings (SSSR count). The average Bonchev–Trinajstić information content (AvgIpc) is 3.29. The Hall–Kier alpha value is -2.48. The van der Waals surface area contributed by atoms with Crippen LogP contribution in [0, 0.1) is 5.41 Å². The van der Waals surface area contributed by atoms with Gasteiger partial charge in [0.25, 0.3) is 5.91 Å². The molecule has 0 saturated heterocycles. The van der Waals surface area contributed by atoms with E-state index in [1.165, 1.54) is 12.4 Å². The van der Waals surface area contributed by atoms with Gasteiger partial charge in [0, 0.05) is 24.5 Å². The molecule has 2 aromatic rings. The van der Waals surface area contributed by atoms with Gasteiger partial charge < -0.3 is 10.4 Å². The molecule has 7 nitrogen and oxygen atoms in total. The second kappa shape index (κ2) is 9.41. The fourth-order valence-corrected chi connectivity index (χ4v) is 5.46. The number of nitrogens with zero attached hydrogens (tertiary/aromatic N) is 2. The minimum atomic E-state index is -1.08. The van der Waals surface area contributed by atoms with Crippen molar-refractivity contribution in [2.24, 2.45) is 10.4 Å². The van der Waals surface area contributed by atoms with Gasteiger partial charge in [0.15, 0.2) is 11.8 Å². The Bertz CT molecular complexity index is 1120. The first-order valence-electron chi connectivity index (χ1n) is 10.4. The first kappa shape index (κ1) is 23.7. The highest BCUT2D eigenvalue weighted by atomic mass is 35.5. The minimum Gasteiger partial charge on any atom is -0.480 e. The van der Waals surface area contributed by atoms with Crippen LogP contribution in [0.3, 0.4) is 0 Å². The molecule has 0 radical (unpaired) electrons. The molecule has 172 valence electrons. The highest BCUT2D eigenvalue weighted by molar-refractivity contribution is 6.54. The maximum atomic E-state index is 12.5. The van der Waals surface area contributed by atoms with Crippen LogP contribution in [-0.2, 0) is 16.0 Å². The maximum absolute atomic E-state index is 12.5. The molecule has 2 atom stereocenters. The molecule has 1 aromatic heterocycles. The number of Topliss-reactive ketones (excluding diaryl/α,β-unsaturated/α-hetero) is 1. The fraction of sp³-hybridized carbons (Fsp3) is 0.348. The fourth-order valence-electron chi connectivity index (χ4n) is 4.45. The Morgan fingerprint density at radius 1 is 1.15 bits per heavy atom. The van der Waals surface area contributed by atoms with E-state index in [1.807, 2.05) is 0 Å². The van der Waals surface area contributed by atoms with Crippen LogP contribution >= 0.6 is 34.8 Å². The zero-order valence-electron chi connectivity index (χ0n) is 17.4. The monoisotopic (exact) mass is 507 g/mol. The number of anilines is 1. The molecule has 33 heavy (non-hydrogen) atoms. The van der Waals surface area contributed by atoms with Crippen molar-refractivity contribution >= 4 is 63.9 Å². The Morgan fingerprint density at radius 3 is 2.33 bits per heavy atom. The van der Waals surface area contributed by atoms with Crippen molar-refractivity contribution in [1.29, 1.82) is 0 Å². The number of ketones is 1. The van der Waals surface area contributed by atoms with Gasteiger partial charge in [-0.3, -0.25) is 19.6 Å². The average molecular weight is 509 g/mol. The maximum Gasteiger partial charge on any atom is 0.328 e. The van der Waals surface area contributed by atoms with Crippen LogP contribution < -0.4 is 5.32 Å². The second-order valence-electron chi connectivity index (χ2n) is 8.22. The zero-order chi connectivity index (χ0) is 23.8. The van der Waals surface area contributed by atoms with Gasteiger partial charge in [-0.25, -0.2) is 4.79 Å². The number of hydrogen-bond donors (Lipinski definition) is 2. The third-order valence-corrected chi connectivity index (χ3v) is 7.17. The van der Waals surface area contributed by atoms with Crippen molar-refractivity contribution in [3.05, 3.63) is 57.8 Å². The summed E-state index contributed by atoms with van der Waals surface area (Å²) < 4.78 is 0. The molecule has 2 aliphatic carbocycles. The molecule has 2 saturated carbocycles. The van der Waals surface area contributed by atoms with Gasteiger partial charge in [0.05, 0.1) is 26.7 Å². The summed E-state index contributed by atoms with van der Waals surface area (Å²) in [4.78, 5) is 45.0. The summed E-state index contributed by atoms with van der Waals surface area (Å²) >= 11 is 18.2. The molecule has 0 bridgehead atoms. The lowest BCUT2D eigenvalue weighted by Gasteiger charge is -2.42. The Kier molecular flexibility index (Phi) is 6.75. The number of amides is 1. The van der Waals surface area contributed by atoms with E-state index in [1.54, 1.807) is 24.3 Å². The van der Waals surface area contributed by atoms with Gasteiger partial charge in [-0.15, -0.1) is 11.6 Å². The van der Waals surface area contributed by atoms with Gasteiger partial charge in [-0.2, -0.15) is 0 Å². The van der Waals surface area contributed by atoms with Gasteiger partial charge in [0.1, 0.15) is 5.38 Å². The lowest BCUT2D eigenvalue weighted by molar-refractivity contribution is -0.138. The molecule has 2 N–H and O–H groups in total. The van der Waals surface area contributed by atoms with Gasteiger partial charge >= 0.3 is 5.97 Å². The number of aromatic nitrogens is 1. The number of carbonyl (C=O) groups excluding carboxylic acids is 2. The number of pyridine rings is 1. The van der Waals surface area contributed by atoms with Crippen LogP contribution in [0.1, 0.15) is 41.6 Å². The SMILES string of the molecule is O=C(Nc1ccc(C[C@H](N=C2C(Cl)C(=O)C23CCCC3)C(=O)O)cc1)c1c(Cl)cncc1Cl. The minimum absolute atomic E-state index is 0.0425. The van der Waals surface area contributed by atoms with Crippen molar-refractivity contribution in [2.75, 3.05) is 5.32 Å². The van der Waals surface area contributed by atoms with Crippen molar-refractivity contribution in [3.8, 4) is 0 Å². The molecule has 1 unspecified atom stereocenters. The Morgan fingerprint density at radius 2 is 1.76 bits per heavy atom. The summed E-state index contributed by atoms with van der Waals surface area (Å²) in [5.74, 6) is -1.61. The van der Waals surface area contributed by atoms with E-state index < -0.39 is 28.7 Å². The number of carbonyl (C=O) groups is 3. The highest BCUT2D eigenvalue weighted by Crippen LogP contribution is 2.50. The highest BCUT2D eigenvalue weighted by Gasteiger charge is 2.59. The molecule has 0 aliphatic heterocycles. The van der Waals surface area contributed by atoms with Crippen molar-refractivity contribution in [3.63, 3.8) is 0 Å². The van der Waals surface area contributed by atoms with Crippen molar-refractivity contribution < 1.29 is 19.5 Å². The number of benzene rings is 1. The van der Waals surface area contributed by atoms with Crippen LogP contribution in [0.4, 0.5) is 5.69 Å². The van der Waals surface area contributed by atoms with Crippen LogP contribution in [0.25, 0.3) is 0 Å². The molecule has 2 aliphatic rings. The zero-order valence-corrected chi connectivity index (χ0v) is 19.6. The number of hydrogen-bond acceptors (Lipinski definition) is 5. The van der Waals surface area contributed by atoms with Gasteiger partial charge in [-0.05, 0) is 30.5 Å². The predicted octanol–water partition coefficient (Wildman–Crippen LogP) is 4.83. The molecule has 2 fully saturated rings. The van der Waals surface area contributed by atoms with E-state index in [0.29, 0.717) is 29.8 Å². The van der Waals surface area contributed by atoms with Gasteiger partial charge in [0.2, 0.25) is 0 Å². The van der Waals surface area contributed by atoms with E-state index in [9.17, 15) is 19.5 Å². The number of rotatable bonds is 6. The molecular weight excluding hydrogens is 489 g/mol. The van der Waals surface area contributed by atoms with Crippen LogP contribution in [0.2, 0.25) is 10.0 Å². The molecule has 1 heterocycles. The number of alkyl halides is 1. The predicted molar refractivity (Wildman–Crippen MR) is 127 cm³/mol. The quantitative estimate of drug-likeness (QED) is 0.543. The number of nitrogens with one attached hydrogen (secondary N) is 1. The topological polar surface area (TPSA) is 109 Å². The summed E-state index contributed by atoms with van der Waals surface area (Å²) in [5.41, 5.74) is 1.16. The summed E-state index contributed by atoms with van der Waals surface area (Å²) in [7, 11) is 0. The van der Waals surface area contributed by atoms with E-state index in [0.717, 1.165) is 12.8 Å². The number of halogens is 3. The Labute approximate surface area is 205 Å². The van der Waals surface area contributed by atoms with Crippen LogP contribution in [0.15, 0.2) is 41.7 Å². The molecule has 1 spiro atoms. The van der Waals surface area contributed by atoms with Gasteiger partial charge in [-0.1, -0.05) is 48.2 Å². The smallest absolute Gasteiger partial charge is 0.328 e. The van der Waals surface area contributed by atoms with Crippen molar-refractivity contribution in [2.45, 2.75) is 43.5 Å². The number of carboxylic acids is 1. The van der Waals surface area contributed by atoms with E-state index in [2.05, 4.69) is 15.3 Å². The van der Waals surface area contributed by atoms with E-state index in [4.69, 9.17) is 34.8 Å². The summed E-state index contributed by atoms with van der Waals surface area (Å²) in [6.07, 6.45) is 5.97. The van der Waals surface area contributed by atoms with Crippen LogP contribution in [0.5, 0.6) is 0 Å². The molecular formula is C23H20Cl3N3O4. The van der Waals surface area contributed by atoms with Crippen molar-refractivity contribution in [1.82, 2.24) is 4.98 Å². The van der Waals surface area contributed by atoms with E-state index >= 15 is 0 Å². The third kappa shape index (κ3) is 4.50. The number of aliphatic carboxylic acids is 1. The number of carboxylic acid groups (broad SMARTS) is 1. The molecule has 1 amide bonds. The van der Waals surface area contributed by atoms with Crippen LogP contribution in [-0.4, -0.2) is 44.9 Å². The normalized spacial score (nSPS) is 21.1. The largest absolute Gasteiger partial charge is 0.480 e. The number of aliphatic imine (C=N–C) groups is 1. The first-order valence-corrected chi connectivity index (χ1v) is 11.6. The molecule has 1 aromatic carbocycles. The standard InChI is InChI=1S/C23H20Cl3N3O4/c24-14-10-27-11-15(25)17(14)21(31)28-13-5-3-12(4-6-13)9-16(22(32)33)29-19-18(26)20(30)23(19)7-1-2-8-23/h3-6,10-11,16,18H,1-2,7-9H2,(H,28,31)(H,32,33)/t16-,18?/m0/s1. The summed E-state index contributed by atoms with van der Waals surface area (Å²) in [6.45, 7) is 0. The summed E-state index contributed by atoms with van der Waals surface area (Å²) in [6, 6.07) is 5.66. The lowest BCUT2D eigenvalue weighted by Crippen LogP contribution is -2.59. The van der Waals surface area contributed by atoms with E-state index in [-0.39, 0.29) is 27.8 Å². The second-order valence-corrected chi connectivity index (χ2v) is 9.47.